The van der Waals surface area contributed by atoms with Crippen LogP contribution in [-0.4, -0.2) is 44.7 Å². The number of imidazole rings is 1. The lowest BCUT2D eigenvalue weighted by molar-refractivity contribution is -0.144. The van der Waals surface area contributed by atoms with Crippen LogP contribution in [0.15, 0.2) is 36.9 Å². The first-order chi connectivity index (χ1) is 15.2. The van der Waals surface area contributed by atoms with Crippen LogP contribution in [0, 0.1) is 0 Å². The van der Waals surface area contributed by atoms with Crippen LogP contribution in [0.2, 0.25) is 0 Å². The molecule has 2 N–H and O–H groups in total. The van der Waals surface area contributed by atoms with Crippen LogP contribution in [0.4, 0.5) is 13.2 Å². The summed E-state index contributed by atoms with van der Waals surface area (Å²) in [5.41, 5.74) is 2.78. The zero-order valence-corrected chi connectivity index (χ0v) is 17.1. The molecule has 2 amide bonds. The topological polar surface area (TPSA) is 111 Å². The van der Waals surface area contributed by atoms with Gasteiger partial charge in [0.15, 0.2) is 5.65 Å². The van der Waals surface area contributed by atoms with Crippen molar-refractivity contribution in [2.24, 2.45) is 0 Å². The lowest BCUT2D eigenvalue weighted by Gasteiger charge is -2.07. The fourth-order valence-electron chi connectivity index (χ4n) is 2.82. The Balaban J connectivity index is 1.56. The van der Waals surface area contributed by atoms with E-state index in [0.717, 1.165) is 5.56 Å². The number of alkyl halides is 3. The third-order valence-electron chi connectivity index (χ3n) is 4.35. The van der Waals surface area contributed by atoms with Gasteiger partial charge in [0.25, 0.3) is 5.91 Å². The SMILES string of the molecule is COCc1cncc(C(=O)NCc2cn3ncc(CNC(=O)CCC(F)(F)F)cc3n2)c1. The molecule has 0 bridgehead atoms. The van der Waals surface area contributed by atoms with E-state index < -0.39 is 24.9 Å². The summed E-state index contributed by atoms with van der Waals surface area (Å²) in [4.78, 5) is 32.3. The molecule has 0 unspecified atom stereocenters. The summed E-state index contributed by atoms with van der Waals surface area (Å²) in [5.74, 6) is -1.01. The molecule has 0 aliphatic heterocycles. The maximum absolute atomic E-state index is 12.4. The second kappa shape index (κ2) is 10.2. The Bertz CT molecular complexity index is 1100. The lowest BCUT2D eigenvalue weighted by Crippen LogP contribution is -2.24. The van der Waals surface area contributed by atoms with Crippen LogP contribution in [0.1, 0.15) is 40.0 Å². The Morgan fingerprint density at radius 3 is 2.66 bits per heavy atom. The predicted octanol–water partition coefficient (Wildman–Crippen LogP) is 2.16. The van der Waals surface area contributed by atoms with Crippen molar-refractivity contribution in [2.75, 3.05) is 7.11 Å². The Morgan fingerprint density at radius 2 is 1.91 bits per heavy atom. The number of nitrogens with zero attached hydrogens (tertiary/aromatic N) is 4. The zero-order valence-electron chi connectivity index (χ0n) is 17.1. The third-order valence-corrected chi connectivity index (χ3v) is 4.35. The Morgan fingerprint density at radius 1 is 1.09 bits per heavy atom. The van der Waals surface area contributed by atoms with Gasteiger partial charge in [0.05, 0.1) is 43.2 Å². The van der Waals surface area contributed by atoms with Crippen molar-refractivity contribution in [2.45, 2.75) is 38.7 Å². The fourth-order valence-corrected chi connectivity index (χ4v) is 2.82. The Hall–Kier alpha value is -3.54. The van der Waals surface area contributed by atoms with Crippen LogP contribution >= 0.6 is 0 Å². The fraction of sp³-hybridized carbons (Fsp3) is 0.350. The van der Waals surface area contributed by atoms with E-state index >= 15 is 0 Å². The first-order valence-electron chi connectivity index (χ1n) is 9.61. The monoisotopic (exact) mass is 450 g/mol. The van der Waals surface area contributed by atoms with E-state index in [4.69, 9.17) is 4.74 Å². The van der Waals surface area contributed by atoms with Crippen molar-refractivity contribution in [3.63, 3.8) is 0 Å². The van der Waals surface area contributed by atoms with Gasteiger partial charge in [-0.05, 0) is 23.3 Å². The molecule has 0 aliphatic carbocycles. The van der Waals surface area contributed by atoms with Crippen LogP contribution in [0.5, 0.6) is 0 Å². The summed E-state index contributed by atoms with van der Waals surface area (Å²) in [6.07, 6.45) is 0.0194. The number of carbonyl (C=O) groups excluding carboxylic acids is 2. The van der Waals surface area contributed by atoms with E-state index in [1.807, 2.05) is 0 Å². The van der Waals surface area contributed by atoms with E-state index in [1.54, 1.807) is 31.6 Å². The quantitative estimate of drug-likeness (QED) is 0.517. The van der Waals surface area contributed by atoms with Gasteiger partial charge in [-0.3, -0.25) is 14.6 Å². The number of halogens is 3. The molecule has 0 aliphatic rings. The molecule has 0 atom stereocenters. The summed E-state index contributed by atoms with van der Waals surface area (Å²) >= 11 is 0. The van der Waals surface area contributed by atoms with Crippen LogP contribution in [0.3, 0.4) is 0 Å². The first-order valence-corrected chi connectivity index (χ1v) is 9.61. The summed E-state index contributed by atoms with van der Waals surface area (Å²) in [5, 5.41) is 9.35. The Kier molecular flexibility index (Phi) is 7.36. The standard InChI is InChI=1S/C20H21F3N6O3/c1-32-12-14-4-15(9-24-6-14)19(31)26-10-16-11-29-17(28-16)5-13(8-27-29)7-25-18(30)2-3-20(21,22)23/h4-6,8-9,11H,2-3,7,10,12H2,1H3,(H,25,30)(H,26,31). The number of carbonyl (C=O) groups is 2. The number of aromatic nitrogens is 4. The molecule has 3 rings (SSSR count). The van der Waals surface area contributed by atoms with Gasteiger partial charge < -0.3 is 15.4 Å². The highest BCUT2D eigenvalue weighted by Gasteiger charge is 2.27. The van der Waals surface area contributed by atoms with E-state index in [2.05, 4.69) is 25.7 Å². The molecule has 0 spiro atoms. The van der Waals surface area contributed by atoms with Crippen LogP contribution < -0.4 is 10.6 Å². The average molecular weight is 450 g/mol. The summed E-state index contributed by atoms with van der Waals surface area (Å²) in [6.45, 7) is 0.529. The highest BCUT2D eigenvalue weighted by Crippen LogP contribution is 2.21. The molecule has 0 saturated heterocycles. The second-order valence-electron chi connectivity index (χ2n) is 6.99. The minimum Gasteiger partial charge on any atom is -0.380 e. The first kappa shape index (κ1) is 23.1. The number of fused-ring (bicyclic) bond motifs is 1. The number of nitrogens with one attached hydrogen (secondary N) is 2. The molecule has 0 saturated carbocycles. The van der Waals surface area contributed by atoms with Crippen molar-refractivity contribution in [3.8, 4) is 0 Å². The molecule has 0 fully saturated rings. The largest absolute Gasteiger partial charge is 0.389 e. The molecule has 3 heterocycles. The van der Waals surface area contributed by atoms with Crippen molar-refractivity contribution in [3.05, 3.63) is 59.3 Å². The van der Waals surface area contributed by atoms with Crippen LogP contribution in [-0.2, 0) is 29.2 Å². The van der Waals surface area contributed by atoms with E-state index in [-0.39, 0.29) is 19.0 Å². The second-order valence-corrected chi connectivity index (χ2v) is 6.99. The highest BCUT2D eigenvalue weighted by molar-refractivity contribution is 5.93. The highest BCUT2D eigenvalue weighted by atomic mass is 19.4. The molecular formula is C20H21F3N6O3. The van der Waals surface area contributed by atoms with E-state index in [1.165, 1.54) is 16.9 Å². The van der Waals surface area contributed by atoms with Crippen molar-refractivity contribution < 1.29 is 27.5 Å². The number of rotatable bonds is 9. The van der Waals surface area contributed by atoms with Crippen LogP contribution in [0.25, 0.3) is 5.65 Å². The van der Waals surface area contributed by atoms with Gasteiger partial charge in [-0.25, -0.2) is 9.50 Å². The van der Waals surface area contributed by atoms with Crippen molar-refractivity contribution in [1.82, 2.24) is 30.2 Å². The number of hydrogen-bond donors (Lipinski definition) is 2. The number of pyridine rings is 1. The smallest absolute Gasteiger partial charge is 0.380 e. The summed E-state index contributed by atoms with van der Waals surface area (Å²) in [7, 11) is 1.55. The van der Waals surface area contributed by atoms with E-state index in [9.17, 15) is 22.8 Å². The normalized spacial score (nSPS) is 11.5. The molecule has 0 aromatic carbocycles. The molecular weight excluding hydrogens is 429 g/mol. The molecule has 170 valence electrons. The van der Waals surface area contributed by atoms with Gasteiger partial charge in [0.1, 0.15) is 0 Å². The zero-order chi connectivity index (χ0) is 23.1. The Labute approximate surface area is 181 Å². The van der Waals surface area contributed by atoms with Gasteiger partial charge in [0.2, 0.25) is 5.91 Å². The van der Waals surface area contributed by atoms with Crippen molar-refractivity contribution >= 4 is 17.5 Å². The third kappa shape index (κ3) is 6.74. The number of amides is 2. The molecule has 12 heteroatoms. The molecule has 0 radical (unpaired) electrons. The van der Waals surface area contributed by atoms with Gasteiger partial charge in [-0.2, -0.15) is 18.3 Å². The number of hydrogen-bond acceptors (Lipinski definition) is 6. The summed E-state index contributed by atoms with van der Waals surface area (Å²) in [6, 6.07) is 3.34. The molecule has 3 aromatic rings. The minimum absolute atomic E-state index is 0.0317. The number of ether oxygens (including phenoxy) is 1. The maximum atomic E-state index is 12.4. The van der Waals surface area contributed by atoms with Crippen molar-refractivity contribution in [1.29, 1.82) is 0 Å². The van der Waals surface area contributed by atoms with E-state index in [0.29, 0.717) is 29.1 Å². The molecule has 9 nitrogen and oxygen atoms in total. The van der Waals surface area contributed by atoms with Gasteiger partial charge in [-0.1, -0.05) is 0 Å². The predicted molar refractivity (Wildman–Crippen MR) is 106 cm³/mol. The van der Waals surface area contributed by atoms with Gasteiger partial charge in [-0.15, -0.1) is 0 Å². The van der Waals surface area contributed by atoms with Gasteiger partial charge in [0, 0.05) is 32.5 Å². The molecule has 3 aromatic heterocycles. The lowest BCUT2D eigenvalue weighted by atomic mass is 10.2. The molecule has 32 heavy (non-hydrogen) atoms. The summed E-state index contributed by atoms with van der Waals surface area (Å²) < 4.78 is 43.1. The minimum atomic E-state index is -4.37. The average Bonchev–Trinajstić information content (AvgIpc) is 3.16. The number of methoxy groups -OCH3 is 1. The maximum Gasteiger partial charge on any atom is 0.389 e. The van der Waals surface area contributed by atoms with Gasteiger partial charge >= 0.3 is 6.18 Å².